The summed E-state index contributed by atoms with van der Waals surface area (Å²) in [5, 5.41) is 7.06. The predicted molar refractivity (Wildman–Crippen MR) is 151 cm³/mol. The van der Waals surface area contributed by atoms with Crippen LogP contribution >= 0.6 is 0 Å². The molecule has 0 aliphatic carbocycles. The van der Waals surface area contributed by atoms with Crippen LogP contribution in [-0.4, -0.2) is 54.5 Å². The topological polar surface area (TPSA) is 107 Å². The van der Waals surface area contributed by atoms with Crippen molar-refractivity contribution in [3.05, 3.63) is 135 Å². The van der Waals surface area contributed by atoms with Gasteiger partial charge in [-0.15, -0.1) is 0 Å². The van der Waals surface area contributed by atoms with Crippen molar-refractivity contribution in [3.8, 4) is 5.75 Å². The molecule has 2 aliphatic heterocycles. The molecule has 2 aliphatic rings. The Kier molecular flexibility index (Phi) is 7.36. The highest BCUT2D eigenvalue weighted by Gasteiger charge is 2.48. The summed E-state index contributed by atoms with van der Waals surface area (Å²) < 4.78 is 20.4. The fraction of sp³-hybridized carbons (Fsp3) is 0.290. The fourth-order valence-electron chi connectivity index (χ4n) is 5.86. The van der Waals surface area contributed by atoms with Gasteiger partial charge in [0.05, 0.1) is 25.8 Å². The van der Waals surface area contributed by atoms with Crippen LogP contribution in [0.2, 0.25) is 0 Å². The van der Waals surface area contributed by atoms with E-state index in [1.54, 1.807) is 7.11 Å². The van der Waals surface area contributed by atoms with Crippen LogP contribution in [-0.2, 0) is 15.1 Å². The van der Waals surface area contributed by atoms with Crippen molar-refractivity contribution in [1.29, 1.82) is 0 Å². The van der Waals surface area contributed by atoms with Gasteiger partial charge in [-0.1, -0.05) is 72.8 Å². The summed E-state index contributed by atoms with van der Waals surface area (Å²) >= 11 is 0. The normalized spacial score (nSPS) is 22.5. The van der Waals surface area contributed by atoms with Crippen molar-refractivity contribution < 1.29 is 14.2 Å². The second kappa shape index (κ2) is 11.2. The quantitative estimate of drug-likeness (QED) is 0.295. The number of fused-ring (bicyclic) bond motifs is 1. The molecular formula is C31H32N4O5. The number of piperazine rings is 1. The van der Waals surface area contributed by atoms with Gasteiger partial charge >= 0.3 is 5.69 Å². The number of H-pyrrole nitrogens is 1. The number of aromatic nitrogens is 2. The highest BCUT2D eigenvalue weighted by Crippen LogP contribution is 2.42. The van der Waals surface area contributed by atoms with Gasteiger partial charge in [-0.3, -0.25) is 14.3 Å². The zero-order valence-corrected chi connectivity index (χ0v) is 22.2. The SMILES string of the molecule is COc1ccc(C(OC[C@H]2O[C@@H](n3ccc(=O)[nH]c3=O)[C@@H]3NCCN[C@@H]32)(c2ccccc2)c2ccccc2)cc1. The van der Waals surface area contributed by atoms with Gasteiger partial charge in [-0.05, 0) is 28.8 Å². The van der Waals surface area contributed by atoms with Crippen molar-refractivity contribution in [2.24, 2.45) is 0 Å². The largest absolute Gasteiger partial charge is 0.497 e. The zero-order valence-electron chi connectivity index (χ0n) is 22.2. The van der Waals surface area contributed by atoms with Crippen molar-refractivity contribution in [3.63, 3.8) is 0 Å². The number of hydrogen-bond acceptors (Lipinski definition) is 7. The van der Waals surface area contributed by atoms with Crippen molar-refractivity contribution in [1.82, 2.24) is 20.2 Å². The Hall–Kier alpha value is -4.02. The number of nitrogens with zero attached hydrogens (tertiary/aromatic N) is 1. The van der Waals surface area contributed by atoms with Crippen LogP contribution in [0.4, 0.5) is 0 Å². The lowest BCUT2D eigenvalue weighted by Crippen LogP contribution is -2.59. The number of hydrogen-bond donors (Lipinski definition) is 3. The molecule has 4 aromatic rings. The Balaban J connectivity index is 1.40. The monoisotopic (exact) mass is 540 g/mol. The first-order valence-electron chi connectivity index (χ1n) is 13.4. The van der Waals surface area contributed by atoms with E-state index in [0.29, 0.717) is 0 Å². The first-order chi connectivity index (χ1) is 19.6. The molecule has 2 saturated heterocycles. The van der Waals surface area contributed by atoms with Gasteiger partial charge < -0.3 is 24.8 Å². The molecule has 0 bridgehead atoms. The molecule has 0 radical (unpaired) electrons. The number of ether oxygens (including phenoxy) is 3. The summed E-state index contributed by atoms with van der Waals surface area (Å²) in [7, 11) is 1.65. The third-order valence-corrected chi connectivity index (χ3v) is 7.74. The second-order valence-corrected chi connectivity index (χ2v) is 10.00. The van der Waals surface area contributed by atoms with E-state index in [9.17, 15) is 9.59 Å². The minimum absolute atomic E-state index is 0.113. The number of nitrogens with one attached hydrogen (secondary N) is 3. The van der Waals surface area contributed by atoms with E-state index >= 15 is 0 Å². The minimum Gasteiger partial charge on any atom is -0.497 e. The summed E-state index contributed by atoms with van der Waals surface area (Å²) in [6.45, 7) is 1.73. The third-order valence-electron chi connectivity index (χ3n) is 7.74. The Labute approximate surface area is 231 Å². The van der Waals surface area contributed by atoms with Crippen LogP contribution in [0.5, 0.6) is 5.75 Å². The van der Waals surface area contributed by atoms with Crippen molar-refractivity contribution in [2.75, 3.05) is 26.8 Å². The van der Waals surface area contributed by atoms with Crippen LogP contribution in [0.1, 0.15) is 22.9 Å². The number of methoxy groups -OCH3 is 1. The fourth-order valence-corrected chi connectivity index (χ4v) is 5.86. The van der Waals surface area contributed by atoms with E-state index in [1.807, 2.05) is 60.7 Å². The molecule has 3 aromatic carbocycles. The van der Waals surface area contributed by atoms with Gasteiger partial charge in [-0.2, -0.15) is 0 Å². The number of benzene rings is 3. The summed E-state index contributed by atoms with van der Waals surface area (Å²) in [6.07, 6.45) is 0.490. The average molecular weight is 541 g/mol. The number of rotatable bonds is 8. The molecule has 0 unspecified atom stereocenters. The Morgan fingerprint density at radius 2 is 1.43 bits per heavy atom. The lowest BCUT2D eigenvalue weighted by Gasteiger charge is -2.38. The molecule has 0 spiro atoms. The van der Waals surface area contributed by atoms with Crippen LogP contribution in [0.25, 0.3) is 0 Å². The van der Waals surface area contributed by atoms with Crippen molar-refractivity contribution >= 4 is 0 Å². The molecule has 1 aromatic heterocycles. The highest BCUT2D eigenvalue weighted by molar-refractivity contribution is 5.48. The van der Waals surface area contributed by atoms with Gasteiger partial charge in [0.15, 0.2) is 6.23 Å². The van der Waals surface area contributed by atoms with Gasteiger partial charge in [0.1, 0.15) is 17.5 Å². The third kappa shape index (κ3) is 4.77. The van der Waals surface area contributed by atoms with E-state index in [0.717, 1.165) is 35.5 Å². The van der Waals surface area contributed by atoms with Crippen LogP contribution < -0.4 is 26.6 Å². The summed E-state index contributed by atoms with van der Waals surface area (Å²) in [5.41, 5.74) is 1.01. The van der Waals surface area contributed by atoms with Crippen LogP contribution in [0, 0.1) is 0 Å². The molecule has 4 atom stereocenters. The average Bonchev–Trinajstić information content (AvgIpc) is 3.37. The summed E-state index contributed by atoms with van der Waals surface area (Å²) in [6, 6.07) is 29.2. The lowest BCUT2D eigenvalue weighted by molar-refractivity contribution is -0.0820. The molecule has 2 fully saturated rings. The van der Waals surface area contributed by atoms with Crippen molar-refractivity contribution in [2.45, 2.75) is 30.0 Å². The van der Waals surface area contributed by atoms with Gasteiger partial charge in [0, 0.05) is 25.4 Å². The molecule has 9 heteroatoms. The van der Waals surface area contributed by atoms with Crippen LogP contribution in [0.3, 0.4) is 0 Å². The Bertz CT molecular complexity index is 1500. The first-order valence-corrected chi connectivity index (χ1v) is 13.4. The smallest absolute Gasteiger partial charge is 0.330 e. The molecule has 9 nitrogen and oxygen atoms in total. The van der Waals surface area contributed by atoms with E-state index < -0.39 is 23.1 Å². The summed E-state index contributed by atoms with van der Waals surface area (Å²) in [5.74, 6) is 0.757. The summed E-state index contributed by atoms with van der Waals surface area (Å²) in [4.78, 5) is 26.7. The molecule has 206 valence electrons. The number of aromatic amines is 1. The van der Waals surface area contributed by atoms with E-state index in [4.69, 9.17) is 14.2 Å². The van der Waals surface area contributed by atoms with Gasteiger partial charge in [0.25, 0.3) is 5.56 Å². The van der Waals surface area contributed by atoms with Gasteiger partial charge in [0.2, 0.25) is 0 Å². The Morgan fingerprint density at radius 1 is 0.825 bits per heavy atom. The standard InChI is InChI=1S/C31H32N4O5/c1-38-24-14-12-23(13-15-24)31(21-8-4-2-5-9-21,22-10-6-3-7-11-22)39-20-25-27-28(33-18-17-32-27)29(40-25)35-19-16-26(36)34-30(35)37/h2-16,19,25,27-29,32-33H,17-18,20H2,1H3,(H,34,36,37)/t25-,27-,28-,29-/m1/s1. The van der Waals surface area contributed by atoms with Crippen LogP contribution in [0.15, 0.2) is 107 Å². The molecule has 6 rings (SSSR count). The Morgan fingerprint density at radius 3 is 2.02 bits per heavy atom. The molecule has 40 heavy (non-hydrogen) atoms. The van der Waals surface area contributed by atoms with E-state index in [2.05, 4.69) is 39.9 Å². The maximum Gasteiger partial charge on any atom is 0.330 e. The maximum absolute atomic E-state index is 12.7. The molecule has 0 saturated carbocycles. The predicted octanol–water partition coefficient (Wildman–Crippen LogP) is 2.38. The molecule has 0 amide bonds. The highest BCUT2D eigenvalue weighted by atomic mass is 16.6. The molecule has 3 heterocycles. The molecular weight excluding hydrogens is 508 g/mol. The minimum atomic E-state index is -0.942. The second-order valence-electron chi connectivity index (χ2n) is 10.00. The van der Waals surface area contributed by atoms with Gasteiger partial charge in [-0.25, -0.2) is 4.79 Å². The van der Waals surface area contributed by atoms with E-state index in [1.165, 1.54) is 16.8 Å². The lowest BCUT2D eigenvalue weighted by atomic mass is 9.80. The zero-order chi connectivity index (χ0) is 27.5. The first kappa shape index (κ1) is 26.2. The van der Waals surface area contributed by atoms with E-state index in [-0.39, 0.29) is 24.8 Å². The molecule has 3 N–H and O–H groups in total. The maximum atomic E-state index is 12.7.